The van der Waals surface area contributed by atoms with Gasteiger partial charge in [-0.1, -0.05) is 388 Å². The van der Waals surface area contributed by atoms with Gasteiger partial charge in [0.1, 0.15) is 0 Å². The van der Waals surface area contributed by atoms with Crippen molar-refractivity contribution in [2.75, 3.05) is 0 Å². The molecule has 0 saturated carbocycles. The maximum Gasteiger partial charge on any atom is -0.00201 e. The predicted octanol–water partition coefficient (Wildman–Crippen LogP) is 29.9. The second-order valence-corrected chi connectivity index (χ2v) is 28.0. The van der Waals surface area contributed by atoms with E-state index < -0.39 is 0 Å². The number of hydrogen-bond donors (Lipinski definition) is 0. The lowest BCUT2D eigenvalue weighted by atomic mass is 9.83. The van der Waals surface area contributed by atoms with Crippen molar-refractivity contribution < 1.29 is 0 Å². The molecule has 0 aliphatic rings. The number of fused-ring (bicyclic) bond motifs is 10. The average molecular weight is 1340 g/mol. The molecule has 0 spiro atoms. The lowest BCUT2D eigenvalue weighted by Crippen LogP contribution is -1.92. The van der Waals surface area contributed by atoms with Gasteiger partial charge in [-0.3, -0.25) is 0 Å². The molecule has 21 rings (SSSR count). The first kappa shape index (κ1) is 62.0. The van der Waals surface area contributed by atoms with E-state index in [1.807, 2.05) is 0 Å². The molecule has 0 radical (unpaired) electrons. The van der Waals surface area contributed by atoms with Crippen molar-refractivity contribution in [2.24, 2.45) is 0 Å². The largest absolute Gasteiger partial charge is 0.0622 e. The Morgan fingerprint density at radius 3 is 0.745 bits per heavy atom. The van der Waals surface area contributed by atoms with E-state index >= 15 is 0 Å². The van der Waals surface area contributed by atoms with Gasteiger partial charge in [0.05, 0.1) is 0 Å². The summed E-state index contributed by atoms with van der Waals surface area (Å²) in [5.41, 5.74) is 22.5. The summed E-state index contributed by atoms with van der Waals surface area (Å²) in [7, 11) is 0. The highest BCUT2D eigenvalue weighted by Crippen LogP contribution is 2.50. The first-order valence-electron chi connectivity index (χ1n) is 36.8. The van der Waals surface area contributed by atoms with Gasteiger partial charge in [0.15, 0.2) is 0 Å². The monoisotopic (exact) mass is 1340 g/mol. The fraction of sp³-hybridized carbons (Fsp3) is 0. The van der Waals surface area contributed by atoms with Gasteiger partial charge < -0.3 is 0 Å². The molecule has 106 heavy (non-hydrogen) atoms. The number of hydrogen-bond acceptors (Lipinski definition) is 0. The number of benzene rings is 21. The Kier molecular flexibility index (Phi) is 15.4. The zero-order chi connectivity index (χ0) is 70.0. The fourth-order valence-corrected chi connectivity index (χ4v) is 17.2. The van der Waals surface area contributed by atoms with E-state index in [0.29, 0.717) is 0 Å². The third-order valence-corrected chi connectivity index (χ3v) is 22.1. The molecule has 0 fully saturated rings. The van der Waals surface area contributed by atoms with Crippen LogP contribution in [0.1, 0.15) is 0 Å². The first-order chi connectivity index (χ1) is 52.6. The third kappa shape index (κ3) is 10.8. The van der Waals surface area contributed by atoms with Crippen LogP contribution in [0.4, 0.5) is 0 Å². The van der Waals surface area contributed by atoms with Crippen LogP contribution in [0.25, 0.3) is 208 Å². The van der Waals surface area contributed by atoms with E-state index in [9.17, 15) is 0 Å². The van der Waals surface area contributed by atoms with Crippen molar-refractivity contribution in [3.8, 4) is 100 Å². The Bertz CT molecular complexity index is 6920. The predicted molar refractivity (Wildman–Crippen MR) is 457 cm³/mol. The van der Waals surface area contributed by atoms with E-state index in [1.54, 1.807) is 0 Å². The molecular weight excluding hydrogens is 1270 g/mol. The molecule has 21 aromatic rings. The minimum atomic E-state index is 1.21. The van der Waals surface area contributed by atoms with Crippen LogP contribution in [0.3, 0.4) is 0 Å². The Morgan fingerprint density at radius 1 is 0.0943 bits per heavy atom. The molecule has 0 amide bonds. The Morgan fingerprint density at radius 2 is 0.340 bits per heavy atom. The zero-order valence-corrected chi connectivity index (χ0v) is 58.3. The zero-order valence-electron chi connectivity index (χ0n) is 58.3. The van der Waals surface area contributed by atoms with Crippen molar-refractivity contribution >= 4 is 108 Å². The van der Waals surface area contributed by atoms with Gasteiger partial charge in [-0.2, -0.15) is 0 Å². The van der Waals surface area contributed by atoms with Gasteiger partial charge >= 0.3 is 0 Å². The van der Waals surface area contributed by atoms with Crippen LogP contribution in [0.5, 0.6) is 0 Å². The molecule has 0 atom stereocenters. The lowest BCUT2D eigenvalue weighted by molar-refractivity contribution is 1.62. The molecule has 0 aliphatic carbocycles. The van der Waals surface area contributed by atoms with Crippen LogP contribution < -0.4 is 0 Å². The van der Waals surface area contributed by atoms with Gasteiger partial charge in [-0.15, -0.1) is 0 Å². The molecule has 0 heteroatoms. The van der Waals surface area contributed by atoms with Gasteiger partial charge in [0.2, 0.25) is 0 Å². The minimum absolute atomic E-state index is 1.21. The highest BCUT2D eigenvalue weighted by molar-refractivity contribution is 6.26. The summed E-state index contributed by atoms with van der Waals surface area (Å²) in [5.74, 6) is 0. The van der Waals surface area contributed by atoms with Gasteiger partial charge in [-0.05, 0) is 232 Å². The van der Waals surface area contributed by atoms with Crippen LogP contribution in [0.2, 0.25) is 0 Å². The topological polar surface area (TPSA) is 0 Å². The molecule has 0 bridgehead atoms. The van der Waals surface area contributed by atoms with E-state index in [1.165, 1.54) is 208 Å². The number of rotatable bonds is 9. The van der Waals surface area contributed by atoms with E-state index in [2.05, 4.69) is 413 Å². The van der Waals surface area contributed by atoms with E-state index in [-0.39, 0.29) is 0 Å². The van der Waals surface area contributed by atoms with Gasteiger partial charge in [0.25, 0.3) is 0 Å². The van der Waals surface area contributed by atoms with Crippen molar-refractivity contribution in [1.82, 2.24) is 0 Å². The normalized spacial score (nSPS) is 11.6. The molecule has 0 unspecified atom stereocenters. The van der Waals surface area contributed by atoms with Crippen molar-refractivity contribution in [1.29, 1.82) is 0 Å². The molecule has 21 aromatic carbocycles. The standard InChI is InChI=1S/C56H36.C50H32/c1-2-13-39(14-3-1)47-33-34-54(49-19-7-6-18-48(47)49)56-52-22-10-8-20-50(52)55(51-21-9-11-23-53(51)56)43-32-28-38-27-31-42(35-44(38)36-43)37-25-29-41(30-26-37)46-24-12-16-40-15-4-5-17-45(40)46;1-2-13-34(14-3-1)41-29-30-48(43-19-7-6-18-42(41)43)50-46-22-10-8-20-44(46)49(45-21-9-11-23-47(45)50)37-28-26-33-25-27-36(31-38(33)32-37)40-24-12-16-35-15-4-5-17-39(35)40/h1-36H;1-32H. The fourth-order valence-electron chi connectivity index (χ4n) is 17.2. The van der Waals surface area contributed by atoms with E-state index in [0.717, 1.165) is 0 Å². The van der Waals surface area contributed by atoms with Crippen LogP contribution in [-0.2, 0) is 0 Å². The third-order valence-electron chi connectivity index (χ3n) is 22.1. The Balaban J connectivity index is 0.000000141. The maximum absolute atomic E-state index is 2.39. The van der Waals surface area contributed by atoms with Gasteiger partial charge in [-0.25, -0.2) is 0 Å². The molecular formula is C106H68. The summed E-state index contributed by atoms with van der Waals surface area (Å²) < 4.78 is 0. The van der Waals surface area contributed by atoms with Crippen molar-refractivity contribution in [2.45, 2.75) is 0 Å². The summed E-state index contributed by atoms with van der Waals surface area (Å²) in [6, 6.07) is 152. The average Bonchev–Trinajstić information content (AvgIpc) is 0.728. The first-order valence-corrected chi connectivity index (χ1v) is 36.8. The smallest absolute Gasteiger partial charge is 0.00201 e. The minimum Gasteiger partial charge on any atom is -0.0622 e. The molecule has 0 heterocycles. The van der Waals surface area contributed by atoms with Crippen molar-refractivity contribution in [3.05, 3.63) is 413 Å². The lowest BCUT2D eigenvalue weighted by Gasteiger charge is -2.20. The summed E-state index contributed by atoms with van der Waals surface area (Å²) in [5, 5.41) is 25.2. The molecule has 492 valence electrons. The van der Waals surface area contributed by atoms with Crippen molar-refractivity contribution in [3.63, 3.8) is 0 Å². The quantitative estimate of drug-likeness (QED) is 0.126. The van der Waals surface area contributed by atoms with Gasteiger partial charge in [0, 0.05) is 0 Å². The Hall–Kier alpha value is -13.8. The maximum atomic E-state index is 2.39. The second kappa shape index (κ2) is 26.2. The van der Waals surface area contributed by atoms with Crippen LogP contribution in [0.15, 0.2) is 413 Å². The van der Waals surface area contributed by atoms with Crippen LogP contribution in [0, 0.1) is 0 Å². The summed E-state index contributed by atoms with van der Waals surface area (Å²) in [4.78, 5) is 0. The molecule has 0 nitrogen and oxygen atoms in total. The molecule has 0 aromatic heterocycles. The SMILES string of the molecule is c1ccc(-c2ccc(-c3c4ccccc4c(-c4ccc5ccc(-c6ccc(-c7cccc8ccccc78)cc6)cc5c4)c4ccccc34)c3ccccc23)cc1.c1ccc(-c2ccc(-c3c4ccccc4c(-c4ccc5ccc(-c6cccc7ccccc67)cc5c4)c4ccccc34)c3ccccc23)cc1. The summed E-state index contributed by atoms with van der Waals surface area (Å²) in [6.07, 6.45) is 0. The second-order valence-electron chi connectivity index (χ2n) is 28.0. The highest BCUT2D eigenvalue weighted by atomic mass is 14.3. The molecule has 0 saturated heterocycles. The van der Waals surface area contributed by atoms with Crippen LogP contribution >= 0.6 is 0 Å². The molecule has 0 N–H and O–H groups in total. The summed E-state index contributed by atoms with van der Waals surface area (Å²) in [6.45, 7) is 0. The summed E-state index contributed by atoms with van der Waals surface area (Å²) >= 11 is 0. The molecule has 0 aliphatic heterocycles. The Labute approximate surface area is 616 Å². The van der Waals surface area contributed by atoms with E-state index in [4.69, 9.17) is 0 Å². The van der Waals surface area contributed by atoms with Crippen LogP contribution in [-0.4, -0.2) is 0 Å². The highest BCUT2D eigenvalue weighted by Gasteiger charge is 2.23.